The van der Waals surface area contributed by atoms with Gasteiger partial charge in [-0.2, -0.15) is 5.10 Å². The number of nitrogens with zero attached hydrogens (tertiary/aromatic N) is 3. The first-order valence-corrected chi connectivity index (χ1v) is 10.6. The minimum atomic E-state index is 0.0609. The van der Waals surface area contributed by atoms with Crippen molar-refractivity contribution < 1.29 is 14.4 Å². The SMILES string of the molecule is O=C(c1cnn(Cc2ccccc2)c1)N1CC[NH+](CCOc2ccc(Cl)cc2)CC1. The fraction of sp³-hybridized carbons (Fsp3) is 0.304. The van der Waals surface area contributed by atoms with Gasteiger partial charge < -0.3 is 14.5 Å². The number of rotatable bonds is 7. The monoisotopic (exact) mass is 425 g/mol. The highest BCUT2D eigenvalue weighted by Gasteiger charge is 2.25. The summed E-state index contributed by atoms with van der Waals surface area (Å²) in [5.41, 5.74) is 1.82. The van der Waals surface area contributed by atoms with E-state index in [2.05, 4.69) is 17.2 Å². The number of hydrogen-bond acceptors (Lipinski definition) is 3. The van der Waals surface area contributed by atoms with Gasteiger partial charge in [-0.25, -0.2) is 0 Å². The molecule has 0 bridgehead atoms. The van der Waals surface area contributed by atoms with Gasteiger partial charge in [-0.05, 0) is 29.8 Å². The van der Waals surface area contributed by atoms with E-state index in [9.17, 15) is 4.79 Å². The second-order valence-corrected chi connectivity index (χ2v) is 7.94. The Morgan fingerprint density at radius 3 is 2.53 bits per heavy atom. The summed E-state index contributed by atoms with van der Waals surface area (Å²) in [7, 11) is 0. The van der Waals surface area contributed by atoms with E-state index in [1.54, 1.807) is 6.20 Å². The highest BCUT2D eigenvalue weighted by atomic mass is 35.5. The number of amides is 1. The summed E-state index contributed by atoms with van der Waals surface area (Å²) in [4.78, 5) is 16.2. The fourth-order valence-electron chi connectivity index (χ4n) is 3.63. The summed E-state index contributed by atoms with van der Waals surface area (Å²) < 4.78 is 7.61. The van der Waals surface area contributed by atoms with Crippen LogP contribution >= 0.6 is 11.6 Å². The van der Waals surface area contributed by atoms with E-state index in [0.29, 0.717) is 23.7 Å². The maximum Gasteiger partial charge on any atom is 0.257 e. The Morgan fingerprint density at radius 1 is 1.07 bits per heavy atom. The average Bonchev–Trinajstić information content (AvgIpc) is 3.24. The largest absolute Gasteiger partial charge is 0.488 e. The van der Waals surface area contributed by atoms with Gasteiger partial charge in [-0.15, -0.1) is 0 Å². The number of halogens is 1. The zero-order valence-corrected chi connectivity index (χ0v) is 17.6. The molecule has 1 amide bonds. The molecule has 1 aliphatic rings. The van der Waals surface area contributed by atoms with Gasteiger partial charge in [0.05, 0.1) is 44.5 Å². The van der Waals surface area contributed by atoms with Crippen molar-refractivity contribution in [3.8, 4) is 5.75 Å². The van der Waals surface area contributed by atoms with Crippen LogP contribution < -0.4 is 9.64 Å². The van der Waals surface area contributed by atoms with E-state index in [1.165, 1.54) is 4.90 Å². The number of benzene rings is 2. The van der Waals surface area contributed by atoms with Crippen molar-refractivity contribution in [1.29, 1.82) is 0 Å². The lowest BCUT2D eigenvalue weighted by Gasteiger charge is -2.32. The van der Waals surface area contributed by atoms with E-state index in [4.69, 9.17) is 16.3 Å². The lowest BCUT2D eigenvalue weighted by Crippen LogP contribution is -3.15. The standard InChI is InChI=1S/C23H25ClN4O2/c24-21-6-8-22(9-7-21)30-15-14-26-10-12-27(13-11-26)23(29)20-16-25-28(18-20)17-19-4-2-1-3-5-19/h1-9,16,18H,10-15,17H2/p+1. The van der Waals surface area contributed by atoms with Crippen LogP contribution in [0.2, 0.25) is 5.02 Å². The molecule has 1 N–H and O–H groups in total. The van der Waals surface area contributed by atoms with Crippen molar-refractivity contribution in [3.05, 3.63) is 83.1 Å². The van der Waals surface area contributed by atoms with Crippen LogP contribution in [0.4, 0.5) is 0 Å². The highest BCUT2D eigenvalue weighted by Crippen LogP contribution is 2.15. The minimum absolute atomic E-state index is 0.0609. The molecule has 30 heavy (non-hydrogen) atoms. The van der Waals surface area contributed by atoms with Crippen molar-refractivity contribution in [2.75, 3.05) is 39.3 Å². The van der Waals surface area contributed by atoms with Gasteiger partial charge in [-0.1, -0.05) is 41.9 Å². The van der Waals surface area contributed by atoms with E-state index in [1.807, 2.05) is 58.2 Å². The van der Waals surface area contributed by atoms with E-state index < -0.39 is 0 Å². The first-order valence-electron chi connectivity index (χ1n) is 10.2. The first-order chi connectivity index (χ1) is 14.7. The Kier molecular flexibility index (Phi) is 6.67. The average molecular weight is 426 g/mol. The molecule has 0 aliphatic carbocycles. The highest BCUT2D eigenvalue weighted by molar-refractivity contribution is 6.30. The van der Waals surface area contributed by atoms with E-state index in [0.717, 1.165) is 44.0 Å². The van der Waals surface area contributed by atoms with Crippen LogP contribution in [0.1, 0.15) is 15.9 Å². The van der Waals surface area contributed by atoms with Gasteiger partial charge in [0.2, 0.25) is 0 Å². The Balaban J connectivity index is 1.22. The fourth-order valence-corrected chi connectivity index (χ4v) is 3.76. The Bertz CT molecular complexity index is 951. The molecule has 1 fully saturated rings. The number of quaternary nitrogens is 1. The molecule has 0 atom stereocenters. The summed E-state index contributed by atoms with van der Waals surface area (Å²) in [5.74, 6) is 0.894. The molecule has 2 heterocycles. The Labute approximate surface area is 181 Å². The Morgan fingerprint density at radius 2 is 1.80 bits per heavy atom. The molecule has 3 aromatic rings. The Hall–Kier alpha value is -2.83. The predicted molar refractivity (Wildman–Crippen MR) is 116 cm³/mol. The molecule has 1 aliphatic heterocycles. The normalized spacial score (nSPS) is 14.6. The van der Waals surface area contributed by atoms with Gasteiger partial charge in [-0.3, -0.25) is 9.48 Å². The van der Waals surface area contributed by atoms with Crippen molar-refractivity contribution in [2.24, 2.45) is 0 Å². The molecule has 6 nitrogen and oxygen atoms in total. The van der Waals surface area contributed by atoms with Crippen molar-refractivity contribution in [3.63, 3.8) is 0 Å². The second kappa shape index (κ2) is 9.78. The number of hydrogen-bond donors (Lipinski definition) is 1. The molecule has 0 radical (unpaired) electrons. The number of nitrogens with one attached hydrogen (secondary N) is 1. The van der Waals surface area contributed by atoms with Gasteiger partial charge in [0.25, 0.3) is 5.91 Å². The molecule has 2 aromatic carbocycles. The molecule has 7 heteroatoms. The molecule has 1 aromatic heterocycles. The third-order valence-corrected chi connectivity index (χ3v) is 5.62. The summed E-state index contributed by atoms with van der Waals surface area (Å²) in [6.07, 6.45) is 3.51. The van der Waals surface area contributed by atoms with Crippen molar-refractivity contribution in [2.45, 2.75) is 6.54 Å². The van der Waals surface area contributed by atoms with Crippen LogP contribution in [0.3, 0.4) is 0 Å². The van der Waals surface area contributed by atoms with E-state index >= 15 is 0 Å². The molecule has 0 saturated carbocycles. The number of ether oxygens (including phenoxy) is 1. The van der Waals surface area contributed by atoms with Crippen LogP contribution in [0.25, 0.3) is 0 Å². The van der Waals surface area contributed by atoms with Crippen molar-refractivity contribution in [1.82, 2.24) is 14.7 Å². The quantitative estimate of drug-likeness (QED) is 0.630. The zero-order valence-electron chi connectivity index (χ0n) is 16.8. The topological polar surface area (TPSA) is 51.8 Å². The molecular weight excluding hydrogens is 400 g/mol. The van der Waals surface area contributed by atoms with Crippen LogP contribution in [0, 0.1) is 0 Å². The third-order valence-electron chi connectivity index (χ3n) is 5.36. The second-order valence-electron chi connectivity index (χ2n) is 7.51. The van der Waals surface area contributed by atoms with Crippen LogP contribution in [-0.2, 0) is 6.54 Å². The zero-order chi connectivity index (χ0) is 20.8. The lowest BCUT2D eigenvalue weighted by atomic mass is 10.2. The summed E-state index contributed by atoms with van der Waals surface area (Å²) in [5, 5.41) is 5.06. The van der Waals surface area contributed by atoms with Gasteiger partial charge >= 0.3 is 0 Å². The maximum absolute atomic E-state index is 12.8. The molecule has 0 spiro atoms. The molecular formula is C23H26ClN4O2+. The smallest absolute Gasteiger partial charge is 0.257 e. The summed E-state index contributed by atoms with van der Waals surface area (Å²) in [6, 6.07) is 17.5. The van der Waals surface area contributed by atoms with Crippen LogP contribution in [0.15, 0.2) is 67.0 Å². The molecule has 1 saturated heterocycles. The number of aromatic nitrogens is 2. The minimum Gasteiger partial charge on any atom is -0.488 e. The third kappa shape index (κ3) is 5.40. The molecule has 4 rings (SSSR count). The molecule has 156 valence electrons. The van der Waals surface area contributed by atoms with Crippen LogP contribution in [-0.4, -0.2) is 59.9 Å². The maximum atomic E-state index is 12.8. The van der Waals surface area contributed by atoms with Crippen molar-refractivity contribution >= 4 is 17.5 Å². The van der Waals surface area contributed by atoms with Crippen LogP contribution in [0.5, 0.6) is 5.75 Å². The summed E-state index contributed by atoms with van der Waals surface area (Å²) in [6.45, 7) is 5.58. The van der Waals surface area contributed by atoms with E-state index in [-0.39, 0.29) is 5.91 Å². The number of carbonyl (C=O) groups is 1. The molecule has 0 unspecified atom stereocenters. The summed E-state index contributed by atoms with van der Waals surface area (Å²) >= 11 is 5.89. The lowest BCUT2D eigenvalue weighted by molar-refractivity contribution is -0.903. The number of carbonyl (C=O) groups excluding carboxylic acids is 1. The van der Waals surface area contributed by atoms with Gasteiger partial charge in [0.15, 0.2) is 0 Å². The first kappa shape index (κ1) is 20.4. The predicted octanol–water partition coefficient (Wildman–Crippen LogP) is 2.00. The number of piperazine rings is 1. The van der Waals surface area contributed by atoms with Gasteiger partial charge in [0, 0.05) is 11.2 Å². The van der Waals surface area contributed by atoms with Gasteiger partial charge in [0.1, 0.15) is 18.9 Å².